The minimum Gasteiger partial charge on any atom is -0.496 e. The summed E-state index contributed by atoms with van der Waals surface area (Å²) in [6.45, 7) is 1.76. The maximum Gasteiger partial charge on any atom is 0.248 e. The molecule has 1 amide bonds. The van der Waals surface area contributed by atoms with Crippen molar-refractivity contribution < 1.29 is 19.0 Å². The summed E-state index contributed by atoms with van der Waals surface area (Å²) in [6.07, 6.45) is 0. The molecule has 0 fully saturated rings. The molecule has 0 bridgehead atoms. The Morgan fingerprint density at radius 1 is 1.09 bits per heavy atom. The number of nitrogens with two attached hydrogens (primary N) is 1. The lowest BCUT2D eigenvalue weighted by atomic mass is 9.94. The van der Waals surface area contributed by atoms with Gasteiger partial charge in [-0.05, 0) is 25.1 Å². The number of hydrogen-bond acceptors (Lipinski definition) is 7. The van der Waals surface area contributed by atoms with Crippen LogP contribution in [0.1, 0.15) is 18.5 Å². The number of ether oxygens (including phenoxy) is 3. The van der Waals surface area contributed by atoms with E-state index in [1.54, 1.807) is 29.8 Å². The molecule has 1 aliphatic heterocycles. The fraction of sp³-hybridized carbons (Fsp3) is 0.227. The number of nitrogens with zero attached hydrogens (tertiary/aromatic N) is 3. The van der Waals surface area contributed by atoms with Gasteiger partial charge in [-0.25, -0.2) is 4.68 Å². The third kappa shape index (κ3) is 3.50. The summed E-state index contributed by atoms with van der Waals surface area (Å²) >= 11 is 6.36. The molecule has 4 rings (SSSR count). The highest BCUT2D eigenvalue weighted by Gasteiger charge is 2.36. The van der Waals surface area contributed by atoms with E-state index >= 15 is 0 Å². The van der Waals surface area contributed by atoms with Crippen LogP contribution in [0, 0.1) is 0 Å². The summed E-state index contributed by atoms with van der Waals surface area (Å²) < 4.78 is 18.1. The first-order valence-corrected chi connectivity index (χ1v) is 10.1. The summed E-state index contributed by atoms with van der Waals surface area (Å²) in [5, 5.41) is 8.30. The monoisotopic (exact) mass is 455 g/mol. The van der Waals surface area contributed by atoms with E-state index in [0.717, 1.165) is 0 Å². The van der Waals surface area contributed by atoms with Gasteiger partial charge in [0.1, 0.15) is 11.8 Å². The predicted molar refractivity (Wildman–Crippen MR) is 120 cm³/mol. The topological polar surface area (TPSA) is 114 Å². The zero-order chi connectivity index (χ0) is 23.0. The normalized spacial score (nSPS) is 15.1. The lowest BCUT2D eigenvalue weighted by Crippen LogP contribution is -2.32. The average Bonchev–Trinajstić information content (AvgIpc) is 3.20. The molecular weight excluding hydrogens is 434 g/mol. The van der Waals surface area contributed by atoms with Crippen LogP contribution >= 0.6 is 11.6 Å². The Kier molecular flexibility index (Phi) is 5.67. The van der Waals surface area contributed by atoms with E-state index in [9.17, 15) is 4.79 Å². The van der Waals surface area contributed by atoms with Crippen molar-refractivity contribution in [1.82, 2.24) is 14.8 Å². The van der Waals surface area contributed by atoms with E-state index in [1.165, 1.54) is 21.3 Å². The summed E-state index contributed by atoms with van der Waals surface area (Å²) in [6, 6.07) is 9.97. The third-order valence-electron chi connectivity index (χ3n) is 5.26. The third-order valence-corrected chi connectivity index (χ3v) is 5.59. The number of amides is 1. The Labute approximate surface area is 189 Å². The van der Waals surface area contributed by atoms with Crippen molar-refractivity contribution in [2.24, 2.45) is 5.73 Å². The number of carbonyl (C=O) groups is 1. The van der Waals surface area contributed by atoms with Gasteiger partial charge in [0, 0.05) is 22.9 Å². The van der Waals surface area contributed by atoms with Crippen molar-refractivity contribution in [1.29, 1.82) is 0 Å². The van der Waals surface area contributed by atoms with Crippen LogP contribution in [0.15, 0.2) is 47.7 Å². The lowest BCUT2D eigenvalue weighted by Gasteiger charge is -2.29. The fourth-order valence-corrected chi connectivity index (χ4v) is 4.00. The minimum absolute atomic E-state index is 0.318. The summed E-state index contributed by atoms with van der Waals surface area (Å²) in [4.78, 5) is 17.1. The number of halogens is 1. The van der Waals surface area contributed by atoms with Crippen molar-refractivity contribution in [2.75, 3.05) is 26.6 Å². The van der Waals surface area contributed by atoms with Gasteiger partial charge in [0.2, 0.25) is 11.9 Å². The highest BCUT2D eigenvalue weighted by Crippen LogP contribution is 2.44. The van der Waals surface area contributed by atoms with E-state index in [2.05, 4.69) is 15.4 Å². The van der Waals surface area contributed by atoms with Crippen LogP contribution in [0.3, 0.4) is 0 Å². The number of anilines is 1. The van der Waals surface area contributed by atoms with Crippen LogP contribution in [0.25, 0.3) is 11.4 Å². The number of primary amides is 1. The molecule has 3 N–H and O–H groups in total. The van der Waals surface area contributed by atoms with E-state index in [-0.39, 0.29) is 0 Å². The van der Waals surface area contributed by atoms with Gasteiger partial charge in [0.15, 0.2) is 17.3 Å². The summed E-state index contributed by atoms with van der Waals surface area (Å²) in [7, 11) is 4.60. The number of nitrogens with one attached hydrogen (secondary N) is 1. The zero-order valence-corrected chi connectivity index (χ0v) is 18.7. The number of aromatic nitrogens is 3. The Balaban J connectivity index is 1.97. The molecule has 3 aromatic rings. The van der Waals surface area contributed by atoms with Crippen LogP contribution in [-0.4, -0.2) is 42.0 Å². The van der Waals surface area contributed by atoms with Gasteiger partial charge in [-0.3, -0.25) is 4.79 Å². The minimum atomic E-state index is -0.720. The second-order valence-electron chi connectivity index (χ2n) is 7.06. The van der Waals surface area contributed by atoms with Gasteiger partial charge in [-0.1, -0.05) is 23.7 Å². The maximum absolute atomic E-state index is 12.5. The summed E-state index contributed by atoms with van der Waals surface area (Å²) in [5.74, 6) is 1.67. The fourth-order valence-electron chi connectivity index (χ4n) is 3.78. The molecule has 10 heteroatoms. The van der Waals surface area contributed by atoms with E-state index in [1.807, 2.05) is 18.2 Å². The highest BCUT2D eigenvalue weighted by atomic mass is 35.5. The molecule has 0 unspecified atom stereocenters. The second kappa shape index (κ2) is 8.43. The van der Waals surface area contributed by atoms with Crippen LogP contribution in [0.4, 0.5) is 5.95 Å². The number of rotatable bonds is 6. The van der Waals surface area contributed by atoms with E-state index < -0.39 is 11.9 Å². The van der Waals surface area contributed by atoms with Crippen molar-refractivity contribution in [3.63, 3.8) is 0 Å². The molecule has 166 valence electrons. The molecule has 1 aromatic heterocycles. The maximum atomic E-state index is 12.5. The zero-order valence-electron chi connectivity index (χ0n) is 18.0. The average molecular weight is 456 g/mol. The molecule has 0 aliphatic carbocycles. The number of carbonyl (C=O) groups excluding carboxylic acids is 1. The number of methoxy groups -OCH3 is 3. The van der Waals surface area contributed by atoms with Crippen LogP contribution < -0.4 is 25.3 Å². The quantitative estimate of drug-likeness (QED) is 0.585. The van der Waals surface area contributed by atoms with Gasteiger partial charge >= 0.3 is 0 Å². The van der Waals surface area contributed by atoms with Gasteiger partial charge in [-0.2, -0.15) is 4.98 Å². The molecule has 2 heterocycles. The second-order valence-corrected chi connectivity index (χ2v) is 7.47. The Morgan fingerprint density at radius 2 is 1.75 bits per heavy atom. The van der Waals surface area contributed by atoms with Gasteiger partial charge < -0.3 is 25.3 Å². The van der Waals surface area contributed by atoms with E-state index in [0.29, 0.717) is 56.4 Å². The molecule has 0 saturated carbocycles. The standard InChI is InChI=1S/C22H22ClN5O4/c1-11-18(20(24)29)19(13-9-16(31-3)17(32-4)10-15(13)30-2)28-22(25-11)26-21(27-28)12-7-5-6-8-14(12)23/h5-10,19H,1-4H3,(H2,24,29)(H,25,26,27)/t19-/m1/s1. The first-order valence-electron chi connectivity index (χ1n) is 9.68. The molecule has 1 atom stereocenters. The highest BCUT2D eigenvalue weighted by molar-refractivity contribution is 6.33. The van der Waals surface area contributed by atoms with Crippen LogP contribution in [-0.2, 0) is 4.79 Å². The number of fused-ring (bicyclic) bond motifs is 1. The summed E-state index contributed by atoms with van der Waals surface area (Å²) in [5.41, 5.74) is 7.93. The first-order chi connectivity index (χ1) is 15.4. The van der Waals surface area contributed by atoms with Crippen molar-refractivity contribution in [2.45, 2.75) is 13.0 Å². The Hall–Kier alpha value is -3.72. The number of hydrogen-bond donors (Lipinski definition) is 2. The largest absolute Gasteiger partial charge is 0.496 e. The smallest absolute Gasteiger partial charge is 0.248 e. The lowest BCUT2D eigenvalue weighted by molar-refractivity contribution is -0.115. The molecule has 2 aromatic carbocycles. The molecule has 1 aliphatic rings. The molecule has 0 saturated heterocycles. The van der Waals surface area contributed by atoms with Gasteiger partial charge in [0.05, 0.1) is 31.9 Å². The van der Waals surface area contributed by atoms with Crippen molar-refractivity contribution >= 4 is 23.5 Å². The number of benzene rings is 2. The molecular formula is C22H22ClN5O4. The predicted octanol–water partition coefficient (Wildman–Crippen LogP) is 3.40. The van der Waals surface area contributed by atoms with Crippen LogP contribution in [0.2, 0.25) is 5.02 Å². The number of allylic oxidation sites excluding steroid dienone is 1. The van der Waals surface area contributed by atoms with Crippen molar-refractivity contribution in [3.8, 4) is 28.6 Å². The van der Waals surface area contributed by atoms with Crippen LogP contribution in [0.5, 0.6) is 17.2 Å². The first kappa shape index (κ1) is 21.5. The van der Waals surface area contributed by atoms with Gasteiger partial charge in [-0.15, -0.1) is 5.10 Å². The van der Waals surface area contributed by atoms with Crippen molar-refractivity contribution in [3.05, 3.63) is 58.3 Å². The molecule has 0 spiro atoms. The Morgan fingerprint density at radius 3 is 2.38 bits per heavy atom. The van der Waals surface area contributed by atoms with Gasteiger partial charge in [0.25, 0.3) is 0 Å². The molecule has 0 radical (unpaired) electrons. The Bertz CT molecular complexity index is 1240. The van der Waals surface area contributed by atoms with E-state index in [4.69, 9.17) is 31.5 Å². The SMILES string of the molecule is COc1cc(OC)c([C@@H]2C(C(N)=O)=C(C)Nc3nc(-c4ccccc4Cl)nn32)cc1OC. The molecule has 9 nitrogen and oxygen atoms in total. The molecule has 32 heavy (non-hydrogen) atoms.